The molecule has 4 rings (SSSR count). The van der Waals surface area contributed by atoms with Gasteiger partial charge in [0.1, 0.15) is 12.4 Å². The first kappa shape index (κ1) is 18.7. The fourth-order valence-electron chi connectivity index (χ4n) is 3.71. The number of nitrogens with one attached hydrogen (secondary N) is 2. The van der Waals surface area contributed by atoms with Gasteiger partial charge in [0.2, 0.25) is 5.56 Å². The average Bonchev–Trinajstić information content (AvgIpc) is 2.70. The summed E-state index contributed by atoms with van der Waals surface area (Å²) in [6.07, 6.45) is 0. The van der Waals surface area contributed by atoms with Crippen molar-refractivity contribution in [3.63, 3.8) is 0 Å². The number of fused-ring (bicyclic) bond motifs is 1. The summed E-state index contributed by atoms with van der Waals surface area (Å²) in [5, 5.41) is 1.17. The first-order valence-corrected chi connectivity index (χ1v) is 9.58. The van der Waals surface area contributed by atoms with Gasteiger partial charge < -0.3 is 14.8 Å². The smallest absolute Gasteiger partial charge is 0.255 e. The lowest BCUT2D eigenvalue weighted by molar-refractivity contribution is -0.917. The van der Waals surface area contributed by atoms with Gasteiger partial charge in [-0.1, -0.05) is 35.9 Å². The monoisotopic (exact) mass is 400 g/mol. The molecule has 1 amide bonds. The van der Waals surface area contributed by atoms with Crippen molar-refractivity contribution >= 4 is 28.4 Å². The quantitative estimate of drug-likeness (QED) is 0.705. The third-order valence-electron chi connectivity index (χ3n) is 5.23. The molecule has 5 nitrogen and oxygen atoms in total. The van der Waals surface area contributed by atoms with Crippen LogP contribution in [-0.2, 0) is 6.54 Å². The van der Waals surface area contributed by atoms with Crippen LogP contribution in [0.15, 0.2) is 53.3 Å². The van der Waals surface area contributed by atoms with E-state index in [4.69, 9.17) is 11.6 Å². The third-order valence-corrected chi connectivity index (χ3v) is 5.58. The molecule has 1 aliphatic rings. The van der Waals surface area contributed by atoms with Gasteiger partial charge >= 0.3 is 0 Å². The van der Waals surface area contributed by atoms with Crippen LogP contribution in [0.5, 0.6) is 0 Å². The highest BCUT2D eigenvalue weighted by molar-refractivity contribution is 6.31. The number of carbonyl (C=O) groups excluding carboxylic acids is 1. The minimum Gasteiger partial charge on any atom is -0.328 e. The highest BCUT2D eigenvalue weighted by atomic mass is 35.5. The lowest BCUT2D eigenvalue weighted by Crippen LogP contribution is -3.13. The number of para-hydroxylation sites is 1. The Morgan fingerprint density at radius 3 is 2.64 bits per heavy atom. The summed E-state index contributed by atoms with van der Waals surface area (Å²) in [5.74, 6) is -0.446. The van der Waals surface area contributed by atoms with Gasteiger partial charge in [0.25, 0.3) is 5.91 Å². The topological polar surface area (TPSA) is 57.6 Å². The molecule has 1 aromatic heterocycles. The second kappa shape index (κ2) is 7.73. The van der Waals surface area contributed by atoms with E-state index in [0.29, 0.717) is 54.4 Å². The predicted molar refractivity (Wildman–Crippen MR) is 106 cm³/mol. The molecule has 2 N–H and O–H groups in total. The van der Waals surface area contributed by atoms with Crippen molar-refractivity contribution in [2.45, 2.75) is 6.54 Å². The Hall–Kier alpha value is -2.70. The number of rotatable bonds is 3. The number of quaternary nitrogens is 1. The maximum absolute atomic E-state index is 14.0. The predicted octanol–water partition coefficient (Wildman–Crippen LogP) is 1.86. The van der Waals surface area contributed by atoms with Crippen LogP contribution in [0.3, 0.4) is 0 Å². The molecule has 0 unspecified atom stereocenters. The zero-order valence-corrected chi connectivity index (χ0v) is 15.9. The van der Waals surface area contributed by atoms with Gasteiger partial charge in [-0.15, -0.1) is 0 Å². The molecule has 1 aliphatic heterocycles. The van der Waals surface area contributed by atoms with Crippen LogP contribution in [0.25, 0.3) is 10.9 Å². The molecule has 0 bridgehead atoms. The molecular formula is C21H20ClFN3O2+. The van der Waals surface area contributed by atoms with Crippen LogP contribution >= 0.6 is 11.6 Å². The zero-order valence-electron chi connectivity index (χ0n) is 15.2. The maximum Gasteiger partial charge on any atom is 0.255 e. The number of halogens is 2. The standard InChI is InChI=1S/C21H19ClFN3O2/c22-17-5-3-6-18(23)16(17)13-25-8-10-26(11-9-25)21(28)15-12-20(27)24-19-7-2-1-4-14(15)19/h1-7,12H,8-11,13H2,(H,24,27)/p+1. The molecule has 1 fully saturated rings. The van der Waals surface area contributed by atoms with Crippen molar-refractivity contribution in [3.05, 3.63) is 80.9 Å². The zero-order chi connectivity index (χ0) is 19.7. The number of amides is 1. The Kier molecular flexibility index (Phi) is 5.15. The Labute approximate surface area is 166 Å². The normalized spacial score (nSPS) is 15.1. The van der Waals surface area contributed by atoms with Crippen molar-refractivity contribution in [1.29, 1.82) is 0 Å². The molecule has 0 aliphatic carbocycles. The van der Waals surface area contributed by atoms with E-state index >= 15 is 0 Å². The second-order valence-corrected chi connectivity index (χ2v) is 7.42. The molecule has 1 saturated heterocycles. The number of H-pyrrole nitrogens is 1. The SMILES string of the molecule is O=C(c1cc(=O)[nH]c2ccccc12)N1CC[NH+](Cc2c(F)cccc2Cl)CC1. The van der Waals surface area contributed by atoms with Gasteiger partial charge in [-0.25, -0.2) is 4.39 Å². The van der Waals surface area contributed by atoms with E-state index in [1.54, 1.807) is 23.1 Å². The Bertz CT molecular complexity index is 1070. The van der Waals surface area contributed by atoms with Gasteiger partial charge in [0, 0.05) is 17.0 Å². The minimum atomic E-state index is -0.298. The average molecular weight is 401 g/mol. The van der Waals surface area contributed by atoms with Gasteiger partial charge in [0.05, 0.1) is 42.3 Å². The summed E-state index contributed by atoms with van der Waals surface area (Å²) in [7, 11) is 0. The van der Waals surface area contributed by atoms with Crippen molar-refractivity contribution in [2.75, 3.05) is 26.2 Å². The molecule has 144 valence electrons. The van der Waals surface area contributed by atoms with Crippen LogP contribution in [-0.4, -0.2) is 42.0 Å². The van der Waals surface area contributed by atoms with E-state index < -0.39 is 0 Å². The molecule has 0 atom stereocenters. The Morgan fingerprint density at radius 2 is 1.89 bits per heavy atom. The molecule has 0 saturated carbocycles. The maximum atomic E-state index is 14.0. The van der Waals surface area contributed by atoms with E-state index in [0.717, 1.165) is 5.39 Å². The van der Waals surface area contributed by atoms with Gasteiger partial charge in [-0.2, -0.15) is 0 Å². The molecule has 2 aromatic carbocycles. The number of piperazine rings is 1. The number of benzene rings is 2. The van der Waals surface area contributed by atoms with E-state index in [1.165, 1.54) is 17.0 Å². The van der Waals surface area contributed by atoms with Gasteiger partial charge in [0.15, 0.2) is 0 Å². The Balaban J connectivity index is 1.49. The van der Waals surface area contributed by atoms with Crippen LogP contribution in [0.4, 0.5) is 4.39 Å². The summed E-state index contributed by atoms with van der Waals surface area (Å²) in [5.41, 5.74) is 1.29. The van der Waals surface area contributed by atoms with Crippen LogP contribution in [0, 0.1) is 5.82 Å². The van der Waals surface area contributed by atoms with E-state index in [9.17, 15) is 14.0 Å². The number of aromatic nitrogens is 1. The number of aromatic amines is 1. The highest BCUT2D eigenvalue weighted by Crippen LogP contribution is 2.18. The second-order valence-electron chi connectivity index (χ2n) is 7.01. The number of pyridine rings is 1. The first-order valence-electron chi connectivity index (χ1n) is 9.21. The van der Waals surface area contributed by atoms with Gasteiger partial charge in [-0.05, 0) is 18.2 Å². The minimum absolute atomic E-state index is 0.148. The van der Waals surface area contributed by atoms with Crippen molar-refractivity contribution in [2.24, 2.45) is 0 Å². The number of carbonyl (C=O) groups is 1. The summed E-state index contributed by atoms with van der Waals surface area (Å²) < 4.78 is 14.0. The molecule has 3 aromatic rings. The summed E-state index contributed by atoms with van der Waals surface area (Å²) in [6.45, 7) is 2.96. The lowest BCUT2D eigenvalue weighted by Gasteiger charge is -2.32. The highest BCUT2D eigenvalue weighted by Gasteiger charge is 2.27. The van der Waals surface area contributed by atoms with Crippen molar-refractivity contribution < 1.29 is 14.1 Å². The number of nitrogens with zero attached hydrogens (tertiary/aromatic N) is 1. The van der Waals surface area contributed by atoms with E-state index in [1.807, 2.05) is 18.2 Å². The lowest BCUT2D eigenvalue weighted by atomic mass is 10.1. The van der Waals surface area contributed by atoms with Crippen LogP contribution in [0.1, 0.15) is 15.9 Å². The van der Waals surface area contributed by atoms with E-state index in [2.05, 4.69) is 4.98 Å². The fourth-order valence-corrected chi connectivity index (χ4v) is 3.94. The summed E-state index contributed by atoms with van der Waals surface area (Å²) in [4.78, 5) is 30.6. The molecule has 2 heterocycles. The molecule has 28 heavy (non-hydrogen) atoms. The molecule has 0 radical (unpaired) electrons. The van der Waals surface area contributed by atoms with Crippen LogP contribution < -0.4 is 10.5 Å². The first-order chi connectivity index (χ1) is 13.5. The summed E-state index contributed by atoms with van der Waals surface area (Å²) >= 11 is 6.13. The van der Waals surface area contributed by atoms with Gasteiger partial charge in [-0.3, -0.25) is 9.59 Å². The largest absolute Gasteiger partial charge is 0.328 e. The molecule has 0 spiro atoms. The third kappa shape index (κ3) is 3.66. The van der Waals surface area contributed by atoms with Crippen molar-refractivity contribution in [1.82, 2.24) is 9.88 Å². The Morgan fingerprint density at radius 1 is 1.14 bits per heavy atom. The van der Waals surface area contributed by atoms with Crippen LogP contribution in [0.2, 0.25) is 5.02 Å². The molecule has 7 heteroatoms. The fraction of sp³-hybridized carbons (Fsp3) is 0.238. The number of hydrogen-bond acceptors (Lipinski definition) is 2. The number of hydrogen-bond donors (Lipinski definition) is 2. The van der Waals surface area contributed by atoms with Crippen molar-refractivity contribution in [3.8, 4) is 0 Å². The molecular weight excluding hydrogens is 381 g/mol. The van der Waals surface area contributed by atoms with E-state index in [-0.39, 0.29) is 17.3 Å². The summed E-state index contributed by atoms with van der Waals surface area (Å²) in [6, 6.07) is 13.4.